The quantitative estimate of drug-likeness (QED) is 0.468. The van der Waals surface area contributed by atoms with Crippen LogP contribution < -0.4 is 14.5 Å². The Kier molecular flexibility index (Phi) is 4.65. The standard InChI is InChI=1S/C20H12F3N7O3/c21-20(22,23)11-5-13(8-24-7-11)29-10-17(31)30(19(29)32)12-1-3-14(4-2-12)33-15-6-16-18(25-9-15)27-28-26-16/h1-9H,10H2,(H,25,26,27,28). The number of urea groups is 1. The van der Waals surface area contributed by atoms with Crippen molar-refractivity contribution in [3.8, 4) is 11.5 Å². The van der Waals surface area contributed by atoms with Crippen molar-refractivity contribution in [1.29, 1.82) is 0 Å². The number of carbonyl (C=O) groups is 2. The fourth-order valence-electron chi connectivity index (χ4n) is 3.27. The van der Waals surface area contributed by atoms with Gasteiger partial charge in [-0.25, -0.2) is 19.8 Å². The van der Waals surface area contributed by atoms with Gasteiger partial charge in [-0.2, -0.15) is 13.2 Å². The fourth-order valence-corrected chi connectivity index (χ4v) is 3.27. The lowest BCUT2D eigenvalue weighted by Crippen LogP contribution is -2.33. The zero-order valence-corrected chi connectivity index (χ0v) is 16.4. The predicted octanol–water partition coefficient (Wildman–Crippen LogP) is 3.53. The van der Waals surface area contributed by atoms with Crippen molar-refractivity contribution >= 4 is 34.5 Å². The number of benzene rings is 1. The number of anilines is 2. The first-order chi connectivity index (χ1) is 15.8. The van der Waals surface area contributed by atoms with Crippen LogP contribution in [0, 0.1) is 0 Å². The number of imide groups is 1. The van der Waals surface area contributed by atoms with Crippen LogP contribution in [0.3, 0.4) is 0 Å². The number of carbonyl (C=O) groups excluding carboxylic acids is 2. The van der Waals surface area contributed by atoms with Gasteiger partial charge in [0.15, 0.2) is 5.65 Å². The van der Waals surface area contributed by atoms with E-state index in [9.17, 15) is 22.8 Å². The molecule has 166 valence electrons. The van der Waals surface area contributed by atoms with Crippen LogP contribution in [-0.2, 0) is 11.0 Å². The van der Waals surface area contributed by atoms with Crippen molar-refractivity contribution < 1.29 is 27.5 Å². The molecule has 1 N–H and O–H groups in total. The van der Waals surface area contributed by atoms with E-state index in [0.717, 1.165) is 22.1 Å². The SMILES string of the molecule is O=C1CN(c2cncc(C(F)(F)F)c2)C(=O)N1c1ccc(Oc2cnc3[nH]nnc3c2)cc1. The van der Waals surface area contributed by atoms with E-state index in [2.05, 4.69) is 25.4 Å². The van der Waals surface area contributed by atoms with Crippen LogP contribution in [0.25, 0.3) is 11.2 Å². The Morgan fingerprint density at radius 2 is 1.76 bits per heavy atom. The van der Waals surface area contributed by atoms with Gasteiger partial charge in [-0.3, -0.25) is 14.7 Å². The molecule has 0 aliphatic carbocycles. The maximum Gasteiger partial charge on any atom is 0.417 e. The Morgan fingerprint density at radius 3 is 2.52 bits per heavy atom. The summed E-state index contributed by atoms with van der Waals surface area (Å²) in [6.07, 6.45) is -1.40. The summed E-state index contributed by atoms with van der Waals surface area (Å²) in [7, 11) is 0. The van der Waals surface area contributed by atoms with Gasteiger partial charge >= 0.3 is 12.2 Å². The van der Waals surface area contributed by atoms with Crippen molar-refractivity contribution in [1.82, 2.24) is 25.4 Å². The highest BCUT2D eigenvalue weighted by Gasteiger charge is 2.39. The lowest BCUT2D eigenvalue weighted by molar-refractivity contribution is -0.137. The van der Waals surface area contributed by atoms with E-state index >= 15 is 0 Å². The molecule has 3 amide bonds. The van der Waals surface area contributed by atoms with Crippen molar-refractivity contribution in [3.63, 3.8) is 0 Å². The van der Waals surface area contributed by atoms with E-state index in [-0.39, 0.29) is 11.4 Å². The van der Waals surface area contributed by atoms with Gasteiger partial charge in [0.1, 0.15) is 23.6 Å². The Hall–Kier alpha value is -4.55. The lowest BCUT2D eigenvalue weighted by atomic mass is 10.2. The Morgan fingerprint density at radius 1 is 0.970 bits per heavy atom. The highest BCUT2D eigenvalue weighted by atomic mass is 19.4. The highest BCUT2D eigenvalue weighted by molar-refractivity contribution is 6.26. The maximum absolute atomic E-state index is 13.0. The van der Waals surface area contributed by atoms with Gasteiger partial charge < -0.3 is 4.74 Å². The van der Waals surface area contributed by atoms with Gasteiger partial charge in [0, 0.05) is 12.3 Å². The molecule has 33 heavy (non-hydrogen) atoms. The smallest absolute Gasteiger partial charge is 0.417 e. The molecule has 4 heterocycles. The zero-order chi connectivity index (χ0) is 23.2. The molecule has 10 nitrogen and oxygen atoms in total. The second-order valence-corrected chi connectivity index (χ2v) is 6.97. The summed E-state index contributed by atoms with van der Waals surface area (Å²) < 4.78 is 44.6. The Balaban J connectivity index is 1.35. The molecule has 0 bridgehead atoms. The topological polar surface area (TPSA) is 117 Å². The molecule has 1 saturated heterocycles. The molecule has 13 heteroatoms. The maximum atomic E-state index is 13.0. The van der Waals surface area contributed by atoms with Gasteiger partial charge in [-0.05, 0) is 30.3 Å². The second-order valence-electron chi connectivity index (χ2n) is 6.97. The number of fused-ring (bicyclic) bond motifs is 1. The van der Waals surface area contributed by atoms with Crippen LogP contribution in [0.15, 0.2) is 55.0 Å². The normalized spacial score (nSPS) is 14.4. The molecule has 0 atom stereocenters. The number of nitrogens with one attached hydrogen (secondary N) is 1. The molecular weight excluding hydrogens is 443 g/mol. The number of aromatic nitrogens is 5. The molecule has 1 aromatic carbocycles. The average Bonchev–Trinajstić information content (AvgIpc) is 3.37. The molecule has 1 aliphatic heterocycles. The van der Waals surface area contributed by atoms with Crippen molar-refractivity contribution in [2.75, 3.05) is 16.3 Å². The van der Waals surface area contributed by atoms with Crippen molar-refractivity contribution in [2.24, 2.45) is 0 Å². The lowest BCUT2D eigenvalue weighted by Gasteiger charge is -2.18. The average molecular weight is 455 g/mol. The van der Waals surface area contributed by atoms with Crippen LogP contribution in [0.2, 0.25) is 0 Å². The van der Waals surface area contributed by atoms with E-state index in [1.54, 1.807) is 6.07 Å². The summed E-state index contributed by atoms with van der Waals surface area (Å²) in [5.74, 6) is 0.217. The highest BCUT2D eigenvalue weighted by Crippen LogP contribution is 2.33. The van der Waals surface area contributed by atoms with Gasteiger partial charge in [0.25, 0.3) is 5.91 Å². The second kappa shape index (κ2) is 7.55. The van der Waals surface area contributed by atoms with Gasteiger partial charge in [-0.15, -0.1) is 5.10 Å². The molecule has 0 unspecified atom stereocenters. The van der Waals surface area contributed by atoms with Gasteiger partial charge in [0.05, 0.1) is 29.3 Å². The Labute approximate surface area is 182 Å². The predicted molar refractivity (Wildman–Crippen MR) is 108 cm³/mol. The summed E-state index contributed by atoms with van der Waals surface area (Å²) in [5.41, 5.74) is 0.121. The summed E-state index contributed by atoms with van der Waals surface area (Å²) in [6.45, 7) is -0.413. The minimum atomic E-state index is -4.63. The number of alkyl halides is 3. The number of ether oxygens (including phenoxy) is 1. The number of nitrogens with zero attached hydrogens (tertiary/aromatic N) is 6. The van der Waals surface area contributed by atoms with E-state index in [0.29, 0.717) is 28.9 Å². The zero-order valence-electron chi connectivity index (χ0n) is 16.4. The number of aromatic amines is 1. The molecule has 0 saturated carbocycles. The molecular formula is C20H12F3N7O3. The number of rotatable bonds is 4. The number of H-pyrrole nitrogens is 1. The molecule has 1 fully saturated rings. The number of halogens is 3. The van der Waals surface area contributed by atoms with Crippen LogP contribution in [-0.4, -0.2) is 43.9 Å². The van der Waals surface area contributed by atoms with Crippen LogP contribution in [0.5, 0.6) is 11.5 Å². The number of hydrogen-bond acceptors (Lipinski definition) is 7. The molecule has 3 aromatic heterocycles. The van der Waals surface area contributed by atoms with Crippen molar-refractivity contribution in [2.45, 2.75) is 6.18 Å². The van der Waals surface area contributed by atoms with E-state index in [4.69, 9.17) is 4.74 Å². The Bertz CT molecular complexity index is 1370. The minimum Gasteiger partial charge on any atom is -0.456 e. The van der Waals surface area contributed by atoms with Gasteiger partial charge in [-0.1, -0.05) is 5.21 Å². The number of amides is 3. The summed E-state index contributed by atoms with van der Waals surface area (Å²) >= 11 is 0. The summed E-state index contributed by atoms with van der Waals surface area (Å²) in [4.78, 5) is 34.8. The van der Waals surface area contributed by atoms with E-state index < -0.39 is 30.2 Å². The third kappa shape index (κ3) is 3.79. The molecule has 1 aliphatic rings. The number of hydrogen-bond donors (Lipinski definition) is 1. The number of pyridine rings is 2. The minimum absolute atomic E-state index is 0.124. The third-order valence-electron chi connectivity index (χ3n) is 4.81. The summed E-state index contributed by atoms with van der Waals surface area (Å²) in [5, 5.41) is 10.1. The monoisotopic (exact) mass is 455 g/mol. The fraction of sp³-hybridized carbons (Fsp3) is 0.100. The first kappa shape index (κ1) is 20.4. The van der Waals surface area contributed by atoms with Crippen LogP contribution in [0.1, 0.15) is 5.56 Å². The third-order valence-corrected chi connectivity index (χ3v) is 4.81. The molecule has 0 spiro atoms. The molecule has 0 radical (unpaired) electrons. The molecule has 5 rings (SSSR count). The first-order valence-corrected chi connectivity index (χ1v) is 9.41. The van der Waals surface area contributed by atoms with Crippen molar-refractivity contribution in [3.05, 3.63) is 60.6 Å². The van der Waals surface area contributed by atoms with Gasteiger partial charge in [0.2, 0.25) is 0 Å². The molecule has 4 aromatic rings. The summed E-state index contributed by atoms with van der Waals surface area (Å²) in [6, 6.07) is 7.68. The first-order valence-electron chi connectivity index (χ1n) is 9.41. The van der Waals surface area contributed by atoms with E-state index in [1.807, 2.05) is 0 Å². The van der Waals surface area contributed by atoms with Crippen LogP contribution >= 0.6 is 0 Å². The largest absolute Gasteiger partial charge is 0.456 e. The van der Waals surface area contributed by atoms with E-state index in [1.165, 1.54) is 30.5 Å². The van der Waals surface area contributed by atoms with Crippen LogP contribution in [0.4, 0.5) is 29.3 Å².